The fraction of sp³-hybridized carbons (Fsp3) is 0.261. The fourth-order valence-corrected chi connectivity index (χ4v) is 2.62. The Morgan fingerprint density at radius 1 is 0.867 bits per heavy atom. The van der Waals surface area contributed by atoms with Gasteiger partial charge in [0.05, 0.1) is 18.8 Å². The third kappa shape index (κ3) is 6.48. The van der Waals surface area contributed by atoms with Crippen LogP contribution < -0.4 is 19.5 Å². The van der Waals surface area contributed by atoms with Crippen LogP contribution in [0.1, 0.15) is 12.5 Å². The zero-order valence-electron chi connectivity index (χ0n) is 17.1. The highest BCUT2D eigenvalue weighted by atomic mass is 16.5. The predicted octanol–water partition coefficient (Wildman–Crippen LogP) is 3.42. The largest absolute Gasteiger partial charge is 0.494 e. The first-order valence-electron chi connectivity index (χ1n) is 9.80. The maximum atomic E-state index is 11.9. The smallest absolute Gasteiger partial charge is 0.258 e. The fourth-order valence-electron chi connectivity index (χ4n) is 2.62. The van der Waals surface area contributed by atoms with Crippen molar-refractivity contribution in [2.24, 2.45) is 0 Å². The van der Waals surface area contributed by atoms with Crippen LogP contribution in [-0.4, -0.2) is 42.5 Å². The molecule has 0 spiro atoms. The molecule has 3 aromatic rings. The van der Waals surface area contributed by atoms with Gasteiger partial charge in [0.25, 0.3) is 5.91 Å². The standard InChI is InChI=1S/C23H25N3O4/c1-3-28-19-8-10-20(11-9-19)30-16-22(27)24-14-15-29-23-13-12-21(25-26-23)18-6-4-17(2)5-7-18/h4-13H,3,14-16H2,1-2H3,(H,24,27). The molecule has 0 aliphatic rings. The summed E-state index contributed by atoms with van der Waals surface area (Å²) in [4.78, 5) is 11.9. The van der Waals surface area contributed by atoms with E-state index in [0.29, 0.717) is 24.8 Å². The van der Waals surface area contributed by atoms with Crippen molar-refractivity contribution in [3.8, 4) is 28.6 Å². The van der Waals surface area contributed by atoms with E-state index in [-0.39, 0.29) is 19.1 Å². The molecular formula is C23H25N3O4. The van der Waals surface area contributed by atoms with Crippen LogP contribution in [0.15, 0.2) is 60.7 Å². The molecule has 0 saturated carbocycles. The summed E-state index contributed by atoms with van der Waals surface area (Å²) in [5.74, 6) is 1.55. The van der Waals surface area contributed by atoms with Crippen LogP contribution in [0.5, 0.6) is 17.4 Å². The van der Waals surface area contributed by atoms with Gasteiger partial charge in [-0.25, -0.2) is 0 Å². The van der Waals surface area contributed by atoms with E-state index in [2.05, 4.69) is 15.5 Å². The first-order chi connectivity index (χ1) is 14.6. The van der Waals surface area contributed by atoms with Gasteiger partial charge < -0.3 is 19.5 Å². The zero-order chi connectivity index (χ0) is 21.2. The summed E-state index contributed by atoms with van der Waals surface area (Å²) in [6.45, 7) is 5.12. The third-order valence-corrected chi connectivity index (χ3v) is 4.17. The van der Waals surface area contributed by atoms with E-state index in [9.17, 15) is 4.79 Å². The molecule has 1 aromatic heterocycles. The van der Waals surface area contributed by atoms with E-state index in [0.717, 1.165) is 17.0 Å². The summed E-state index contributed by atoms with van der Waals surface area (Å²) in [6.07, 6.45) is 0. The molecule has 1 heterocycles. The van der Waals surface area contributed by atoms with Gasteiger partial charge in [0.2, 0.25) is 5.88 Å². The van der Waals surface area contributed by atoms with Gasteiger partial charge >= 0.3 is 0 Å². The summed E-state index contributed by atoms with van der Waals surface area (Å²) in [5.41, 5.74) is 2.97. The van der Waals surface area contributed by atoms with Crippen LogP contribution in [0, 0.1) is 6.92 Å². The maximum Gasteiger partial charge on any atom is 0.258 e. The SMILES string of the molecule is CCOc1ccc(OCC(=O)NCCOc2ccc(-c3ccc(C)cc3)nn2)cc1. The van der Waals surface area contributed by atoms with E-state index in [1.165, 1.54) is 5.56 Å². The van der Waals surface area contributed by atoms with Crippen molar-refractivity contribution in [2.45, 2.75) is 13.8 Å². The van der Waals surface area contributed by atoms with E-state index in [1.807, 2.05) is 44.2 Å². The average molecular weight is 407 g/mol. The predicted molar refractivity (Wildman–Crippen MR) is 114 cm³/mol. The molecule has 0 aliphatic carbocycles. The van der Waals surface area contributed by atoms with Crippen molar-refractivity contribution in [3.05, 3.63) is 66.2 Å². The lowest BCUT2D eigenvalue weighted by Gasteiger charge is -2.09. The van der Waals surface area contributed by atoms with E-state index >= 15 is 0 Å². The number of nitrogens with one attached hydrogen (secondary N) is 1. The van der Waals surface area contributed by atoms with Crippen LogP contribution in [0.25, 0.3) is 11.3 Å². The number of amides is 1. The van der Waals surface area contributed by atoms with Gasteiger partial charge in [-0.15, -0.1) is 10.2 Å². The monoisotopic (exact) mass is 407 g/mol. The number of benzene rings is 2. The number of hydrogen-bond acceptors (Lipinski definition) is 6. The third-order valence-electron chi connectivity index (χ3n) is 4.17. The van der Waals surface area contributed by atoms with Gasteiger partial charge in [0.15, 0.2) is 6.61 Å². The van der Waals surface area contributed by atoms with Crippen molar-refractivity contribution in [1.29, 1.82) is 0 Å². The first-order valence-corrected chi connectivity index (χ1v) is 9.80. The summed E-state index contributed by atoms with van der Waals surface area (Å²) in [5, 5.41) is 11.0. The molecule has 7 heteroatoms. The summed E-state index contributed by atoms with van der Waals surface area (Å²) < 4.78 is 16.3. The highest BCUT2D eigenvalue weighted by Crippen LogP contribution is 2.18. The molecule has 7 nitrogen and oxygen atoms in total. The minimum Gasteiger partial charge on any atom is -0.494 e. The molecule has 3 rings (SSSR count). The molecule has 0 aliphatic heterocycles. The quantitative estimate of drug-likeness (QED) is 0.519. The number of hydrogen-bond donors (Lipinski definition) is 1. The zero-order valence-corrected chi connectivity index (χ0v) is 17.1. The van der Waals surface area contributed by atoms with Crippen molar-refractivity contribution in [2.75, 3.05) is 26.4 Å². The molecule has 0 bridgehead atoms. The van der Waals surface area contributed by atoms with Gasteiger partial charge in [-0.2, -0.15) is 0 Å². The van der Waals surface area contributed by atoms with Gasteiger partial charge in [-0.1, -0.05) is 29.8 Å². The highest BCUT2D eigenvalue weighted by Gasteiger charge is 2.05. The number of aryl methyl sites for hydroxylation is 1. The number of carbonyl (C=O) groups excluding carboxylic acids is 1. The molecule has 156 valence electrons. The van der Waals surface area contributed by atoms with Gasteiger partial charge in [-0.3, -0.25) is 4.79 Å². The normalized spacial score (nSPS) is 10.3. The summed E-state index contributed by atoms with van der Waals surface area (Å²) in [6, 6.07) is 18.8. The van der Waals surface area contributed by atoms with Crippen molar-refractivity contribution >= 4 is 5.91 Å². The molecule has 0 fully saturated rings. The Morgan fingerprint density at radius 2 is 1.57 bits per heavy atom. The Bertz CT molecular complexity index is 926. The number of aromatic nitrogens is 2. The number of carbonyl (C=O) groups is 1. The summed E-state index contributed by atoms with van der Waals surface area (Å²) >= 11 is 0. The van der Waals surface area contributed by atoms with E-state index in [4.69, 9.17) is 14.2 Å². The van der Waals surface area contributed by atoms with Crippen LogP contribution >= 0.6 is 0 Å². The Balaban J connectivity index is 1.35. The van der Waals surface area contributed by atoms with Crippen molar-refractivity contribution < 1.29 is 19.0 Å². The summed E-state index contributed by atoms with van der Waals surface area (Å²) in [7, 11) is 0. The van der Waals surface area contributed by atoms with E-state index in [1.54, 1.807) is 30.3 Å². The molecule has 2 aromatic carbocycles. The second-order valence-electron chi connectivity index (χ2n) is 6.51. The van der Waals surface area contributed by atoms with Gasteiger partial charge in [-0.05, 0) is 44.2 Å². The Labute approximate surface area is 176 Å². The number of nitrogens with zero attached hydrogens (tertiary/aromatic N) is 2. The van der Waals surface area contributed by atoms with Crippen LogP contribution in [0.2, 0.25) is 0 Å². The molecule has 0 saturated heterocycles. The Kier molecular flexibility index (Phi) is 7.60. The maximum absolute atomic E-state index is 11.9. The molecule has 30 heavy (non-hydrogen) atoms. The lowest BCUT2D eigenvalue weighted by molar-refractivity contribution is -0.123. The molecular weight excluding hydrogens is 382 g/mol. The van der Waals surface area contributed by atoms with Crippen molar-refractivity contribution in [3.63, 3.8) is 0 Å². The second kappa shape index (κ2) is 10.8. The second-order valence-corrected chi connectivity index (χ2v) is 6.51. The minimum atomic E-state index is -0.228. The first kappa shape index (κ1) is 21.1. The minimum absolute atomic E-state index is 0.0704. The van der Waals surface area contributed by atoms with Crippen molar-refractivity contribution in [1.82, 2.24) is 15.5 Å². The lowest BCUT2D eigenvalue weighted by Crippen LogP contribution is -2.32. The number of ether oxygens (including phenoxy) is 3. The highest BCUT2D eigenvalue weighted by molar-refractivity contribution is 5.77. The molecule has 1 amide bonds. The molecule has 0 atom stereocenters. The molecule has 0 radical (unpaired) electrons. The topological polar surface area (TPSA) is 82.6 Å². The average Bonchev–Trinajstić information content (AvgIpc) is 2.77. The molecule has 1 N–H and O–H groups in total. The van der Waals surface area contributed by atoms with Gasteiger partial charge in [0.1, 0.15) is 18.1 Å². The van der Waals surface area contributed by atoms with Crippen LogP contribution in [0.4, 0.5) is 0 Å². The van der Waals surface area contributed by atoms with Crippen LogP contribution in [-0.2, 0) is 4.79 Å². The Morgan fingerprint density at radius 3 is 2.20 bits per heavy atom. The van der Waals surface area contributed by atoms with E-state index < -0.39 is 0 Å². The van der Waals surface area contributed by atoms with Gasteiger partial charge in [0, 0.05) is 11.6 Å². The molecule has 0 unspecified atom stereocenters. The van der Waals surface area contributed by atoms with Crippen LogP contribution in [0.3, 0.4) is 0 Å². The number of rotatable bonds is 10. The Hall–Kier alpha value is -3.61. The lowest BCUT2D eigenvalue weighted by atomic mass is 10.1.